The van der Waals surface area contributed by atoms with Gasteiger partial charge in [0.25, 0.3) is 0 Å². The Balaban J connectivity index is 2.38. The molecule has 2 aromatic rings. The van der Waals surface area contributed by atoms with Crippen molar-refractivity contribution in [3.05, 3.63) is 47.5 Å². The van der Waals surface area contributed by atoms with Crippen molar-refractivity contribution in [2.24, 2.45) is 0 Å². The van der Waals surface area contributed by atoms with E-state index in [9.17, 15) is 8.42 Å². The fourth-order valence-electron chi connectivity index (χ4n) is 2.13. The molecule has 0 bridgehead atoms. The number of methoxy groups -OCH3 is 2. The molecule has 0 heterocycles. The first-order chi connectivity index (χ1) is 10.4. The minimum atomic E-state index is -3.94. The van der Waals surface area contributed by atoms with Crippen molar-refractivity contribution in [1.82, 2.24) is 0 Å². The molecule has 5 nitrogen and oxygen atoms in total. The molecule has 6 heteroatoms. The Labute approximate surface area is 130 Å². The highest BCUT2D eigenvalue weighted by atomic mass is 32.2. The van der Waals surface area contributed by atoms with Crippen LogP contribution in [0.15, 0.2) is 41.3 Å². The average molecular weight is 322 g/mol. The summed E-state index contributed by atoms with van der Waals surface area (Å²) in [5, 5.41) is 0. The molecule has 0 saturated carbocycles. The molecule has 0 N–H and O–H groups in total. The number of ether oxygens (including phenoxy) is 2. The topological polar surface area (TPSA) is 61.8 Å². The standard InChI is InChI=1S/C16H18O5S/c1-11-7-12(2)9-13(8-11)21-22(17,18)14-5-6-15(19-3)16(10-14)20-4/h5-10H,1-4H3. The van der Waals surface area contributed by atoms with Crippen LogP contribution in [-0.2, 0) is 10.1 Å². The van der Waals surface area contributed by atoms with Crippen molar-refractivity contribution >= 4 is 10.1 Å². The molecule has 0 aliphatic carbocycles. The van der Waals surface area contributed by atoms with Crippen molar-refractivity contribution < 1.29 is 22.1 Å². The van der Waals surface area contributed by atoms with Crippen molar-refractivity contribution in [2.45, 2.75) is 18.7 Å². The summed E-state index contributed by atoms with van der Waals surface area (Å²) in [6.07, 6.45) is 0. The normalized spacial score (nSPS) is 11.1. The van der Waals surface area contributed by atoms with Crippen molar-refractivity contribution in [3.63, 3.8) is 0 Å². The molecule has 0 saturated heterocycles. The molecule has 0 amide bonds. The summed E-state index contributed by atoms with van der Waals surface area (Å²) in [7, 11) is -1.01. The van der Waals surface area contributed by atoms with Crippen LogP contribution in [0.3, 0.4) is 0 Å². The van der Waals surface area contributed by atoms with Crippen LogP contribution in [0.5, 0.6) is 17.2 Å². The molecule has 0 atom stereocenters. The van der Waals surface area contributed by atoms with E-state index in [4.69, 9.17) is 13.7 Å². The van der Waals surface area contributed by atoms with Gasteiger partial charge in [-0.3, -0.25) is 0 Å². The van der Waals surface area contributed by atoms with Crippen LogP contribution in [0, 0.1) is 13.8 Å². The molecule has 22 heavy (non-hydrogen) atoms. The first-order valence-corrected chi connectivity index (χ1v) is 8.01. The summed E-state index contributed by atoms with van der Waals surface area (Å²) in [6, 6.07) is 9.60. The lowest BCUT2D eigenvalue weighted by molar-refractivity contribution is 0.353. The quantitative estimate of drug-likeness (QED) is 0.792. The molecule has 0 radical (unpaired) electrons. The van der Waals surface area contributed by atoms with Gasteiger partial charge in [0.1, 0.15) is 10.6 Å². The van der Waals surface area contributed by atoms with Gasteiger partial charge < -0.3 is 13.7 Å². The molecule has 2 rings (SSSR count). The number of rotatable bonds is 5. The monoisotopic (exact) mass is 322 g/mol. The highest BCUT2D eigenvalue weighted by molar-refractivity contribution is 7.87. The Kier molecular flexibility index (Phi) is 4.61. The fraction of sp³-hybridized carbons (Fsp3) is 0.250. The molecule has 0 spiro atoms. The predicted molar refractivity (Wildman–Crippen MR) is 83.3 cm³/mol. The SMILES string of the molecule is COc1ccc(S(=O)(=O)Oc2cc(C)cc(C)c2)cc1OC. The van der Waals surface area contributed by atoms with E-state index < -0.39 is 10.1 Å². The predicted octanol–water partition coefficient (Wildman–Crippen LogP) is 3.09. The van der Waals surface area contributed by atoms with E-state index in [1.54, 1.807) is 12.1 Å². The molecule has 0 aliphatic rings. The Morgan fingerprint density at radius 2 is 1.41 bits per heavy atom. The molecular formula is C16H18O5S. The van der Waals surface area contributed by atoms with E-state index in [0.717, 1.165) is 11.1 Å². The first kappa shape index (κ1) is 16.2. The summed E-state index contributed by atoms with van der Waals surface area (Å²) < 4.78 is 40.2. The van der Waals surface area contributed by atoms with Crippen LogP contribution < -0.4 is 13.7 Å². The van der Waals surface area contributed by atoms with Gasteiger partial charge in [0.2, 0.25) is 0 Å². The highest BCUT2D eigenvalue weighted by Crippen LogP contribution is 2.30. The zero-order valence-electron chi connectivity index (χ0n) is 12.9. The summed E-state index contributed by atoms with van der Waals surface area (Å²) in [6.45, 7) is 3.76. The molecule has 0 aliphatic heterocycles. The third-order valence-electron chi connectivity index (χ3n) is 3.04. The number of benzene rings is 2. The van der Waals surface area contributed by atoms with Crippen LogP contribution in [0.2, 0.25) is 0 Å². The van der Waals surface area contributed by atoms with Crippen LogP contribution in [0.25, 0.3) is 0 Å². The van der Waals surface area contributed by atoms with Crippen LogP contribution in [-0.4, -0.2) is 22.6 Å². The van der Waals surface area contributed by atoms with Gasteiger partial charge >= 0.3 is 10.1 Å². The zero-order valence-corrected chi connectivity index (χ0v) is 13.7. The van der Waals surface area contributed by atoms with Crippen molar-refractivity contribution in [3.8, 4) is 17.2 Å². The molecule has 118 valence electrons. The number of hydrogen-bond donors (Lipinski definition) is 0. The van der Waals surface area contributed by atoms with E-state index in [0.29, 0.717) is 11.5 Å². The Hall–Kier alpha value is -2.21. The number of aryl methyl sites for hydroxylation is 2. The summed E-state index contributed by atoms with van der Waals surface area (Å²) >= 11 is 0. The lowest BCUT2D eigenvalue weighted by Crippen LogP contribution is -2.10. The van der Waals surface area contributed by atoms with E-state index in [-0.39, 0.29) is 10.6 Å². The molecule has 0 aromatic heterocycles. The minimum absolute atomic E-state index is 0.00399. The molecular weight excluding hydrogens is 304 g/mol. The van der Waals surface area contributed by atoms with Crippen molar-refractivity contribution in [2.75, 3.05) is 14.2 Å². The van der Waals surface area contributed by atoms with E-state index in [1.165, 1.54) is 32.4 Å². The van der Waals surface area contributed by atoms with Crippen LogP contribution in [0.4, 0.5) is 0 Å². The van der Waals surface area contributed by atoms with Gasteiger partial charge in [-0.1, -0.05) is 6.07 Å². The maximum absolute atomic E-state index is 12.4. The zero-order chi connectivity index (χ0) is 16.3. The molecule has 0 unspecified atom stereocenters. The largest absolute Gasteiger partial charge is 0.493 e. The van der Waals surface area contributed by atoms with Crippen LogP contribution >= 0.6 is 0 Å². The van der Waals surface area contributed by atoms with Gasteiger partial charge in [-0.2, -0.15) is 8.42 Å². The van der Waals surface area contributed by atoms with Gasteiger partial charge in [0, 0.05) is 6.07 Å². The Morgan fingerprint density at radius 3 is 1.95 bits per heavy atom. The maximum atomic E-state index is 12.4. The van der Waals surface area contributed by atoms with E-state index in [1.807, 2.05) is 19.9 Å². The minimum Gasteiger partial charge on any atom is -0.493 e. The number of hydrogen-bond acceptors (Lipinski definition) is 5. The smallest absolute Gasteiger partial charge is 0.339 e. The first-order valence-electron chi connectivity index (χ1n) is 6.60. The van der Waals surface area contributed by atoms with Crippen molar-refractivity contribution in [1.29, 1.82) is 0 Å². The van der Waals surface area contributed by atoms with Gasteiger partial charge in [0.05, 0.1) is 14.2 Å². The lowest BCUT2D eigenvalue weighted by Gasteiger charge is -2.11. The fourth-order valence-corrected chi connectivity index (χ4v) is 3.06. The summed E-state index contributed by atoms with van der Waals surface area (Å²) in [5.74, 6) is 1.06. The van der Waals surface area contributed by atoms with E-state index in [2.05, 4.69) is 0 Å². The Morgan fingerprint density at radius 1 is 0.818 bits per heavy atom. The lowest BCUT2D eigenvalue weighted by atomic mass is 10.1. The summed E-state index contributed by atoms with van der Waals surface area (Å²) in [5.41, 5.74) is 1.86. The van der Waals surface area contributed by atoms with Crippen LogP contribution in [0.1, 0.15) is 11.1 Å². The third-order valence-corrected chi connectivity index (χ3v) is 4.29. The average Bonchev–Trinajstić information content (AvgIpc) is 2.44. The third kappa shape index (κ3) is 3.51. The maximum Gasteiger partial charge on any atom is 0.339 e. The van der Waals surface area contributed by atoms with Gasteiger partial charge in [0.15, 0.2) is 11.5 Å². The summed E-state index contributed by atoms with van der Waals surface area (Å²) in [4.78, 5) is 0.00399. The molecule has 0 fully saturated rings. The second-order valence-electron chi connectivity index (χ2n) is 4.88. The van der Waals surface area contributed by atoms with Gasteiger partial charge in [-0.05, 0) is 49.2 Å². The van der Waals surface area contributed by atoms with Gasteiger partial charge in [-0.25, -0.2) is 0 Å². The molecule has 2 aromatic carbocycles. The second kappa shape index (κ2) is 6.27. The second-order valence-corrected chi connectivity index (χ2v) is 6.42. The Bertz CT molecular complexity index is 761. The van der Waals surface area contributed by atoms with Gasteiger partial charge in [-0.15, -0.1) is 0 Å². The van der Waals surface area contributed by atoms with E-state index >= 15 is 0 Å². The highest BCUT2D eigenvalue weighted by Gasteiger charge is 2.19.